The van der Waals surface area contributed by atoms with E-state index in [0.29, 0.717) is 0 Å². The van der Waals surface area contributed by atoms with E-state index in [1.165, 1.54) is 0 Å². The normalized spacial score (nSPS) is 16.7. The Morgan fingerprint density at radius 3 is 2.50 bits per heavy atom. The smallest absolute Gasteiger partial charge is 0.314 e. The molecule has 0 radical (unpaired) electrons. The van der Waals surface area contributed by atoms with Crippen molar-refractivity contribution in [2.24, 2.45) is 0 Å². The van der Waals surface area contributed by atoms with E-state index < -0.39 is 11.4 Å². The molecule has 1 aliphatic carbocycles. The van der Waals surface area contributed by atoms with Gasteiger partial charge in [-0.1, -0.05) is 6.07 Å². The van der Waals surface area contributed by atoms with Crippen molar-refractivity contribution < 1.29 is 14.6 Å². The quantitative estimate of drug-likeness (QED) is 0.865. The monoisotopic (exact) mass is 249 g/mol. The van der Waals surface area contributed by atoms with Gasteiger partial charge in [0.2, 0.25) is 0 Å². The predicted molar refractivity (Wildman–Crippen MR) is 68.9 cm³/mol. The third-order valence-corrected chi connectivity index (χ3v) is 3.41. The summed E-state index contributed by atoms with van der Waals surface area (Å²) in [7, 11) is 5.59. The Morgan fingerprint density at radius 2 is 2.06 bits per heavy atom. The Morgan fingerprint density at radius 1 is 1.39 bits per heavy atom. The molecule has 1 fully saturated rings. The van der Waals surface area contributed by atoms with Crippen LogP contribution in [0.3, 0.4) is 0 Å². The van der Waals surface area contributed by atoms with Crippen molar-refractivity contribution in [2.45, 2.75) is 24.8 Å². The van der Waals surface area contributed by atoms with E-state index in [1.807, 2.05) is 32.3 Å². The van der Waals surface area contributed by atoms with Gasteiger partial charge in [0, 0.05) is 6.54 Å². The number of ether oxygens (including phenoxy) is 1. The number of carbonyl (C=O) groups is 1. The van der Waals surface area contributed by atoms with E-state index in [9.17, 15) is 9.90 Å². The summed E-state index contributed by atoms with van der Waals surface area (Å²) in [6, 6.07) is 5.80. The molecule has 98 valence electrons. The van der Waals surface area contributed by atoms with Gasteiger partial charge in [-0.25, -0.2) is 0 Å². The molecule has 1 saturated carbocycles. The minimum Gasteiger partial charge on any atom is -0.497 e. The second kappa shape index (κ2) is 4.61. The van der Waals surface area contributed by atoms with Gasteiger partial charge in [-0.2, -0.15) is 0 Å². The standard InChI is InChI=1S/C14H19NO3/c1-15(2)9-10-6-11(8-12(7-10)18-3)14(4-5-14)13(16)17/h6-8H,4-5,9H2,1-3H3,(H,16,17). The zero-order valence-electron chi connectivity index (χ0n) is 11.1. The maximum absolute atomic E-state index is 11.4. The molecule has 1 N–H and O–H groups in total. The summed E-state index contributed by atoms with van der Waals surface area (Å²) in [5.74, 6) is 0.00318. The molecule has 0 heterocycles. The van der Waals surface area contributed by atoms with Gasteiger partial charge in [0.15, 0.2) is 0 Å². The maximum atomic E-state index is 11.4. The molecule has 1 aromatic carbocycles. The zero-order chi connectivity index (χ0) is 13.3. The van der Waals surface area contributed by atoms with Crippen molar-refractivity contribution >= 4 is 5.97 Å². The first-order valence-electron chi connectivity index (χ1n) is 6.04. The van der Waals surface area contributed by atoms with Crippen LogP contribution in [0, 0.1) is 0 Å². The first-order chi connectivity index (χ1) is 8.48. The zero-order valence-corrected chi connectivity index (χ0v) is 11.1. The van der Waals surface area contributed by atoms with Crippen LogP contribution in [0.15, 0.2) is 18.2 Å². The molecular weight excluding hydrogens is 230 g/mol. The number of nitrogens with zero attached hydrogens (tertiary/aromatic N) is 1. The molecule has 4 heteroatoms. The highest BCUT2D eigenvalue weighted by atomic mass is 16.5. The van der Waals surface area contributed by atoms with Crippen molar-refractivity contribution in [3.8, 4) is 5.75 Å². The molecule has 0 unspecified atom stereocenters. The van der Waals surface area contributed by atoms with Crippen LogP contribution in [-0.4, -0.2) is 37.2 Å². The lowest BCUT2D eigenvalue weighted by Crippen LogP contribution is -2.20. The summed E-state index contributed by atoms with van der Waals surface area (Å²) < 4.78 is 5.27. The molecule has 18 heavy (non-hydrogen) atoms. The van der Waals surface area contributed by atoms with Gasteiger partial charge in [0.05, 0.1) is 12.5 Å². The summed E-state index contributed by atoms with van der Waals surface area (Å²) in [4.78, 5) is 13.4. The van der Waals surface area contributed by atoms with Crippen LogP contribution in [0.2, 0.25) is 0 Å². The minimum absolute atomic E-state index is 0.671. The summed E-state index contributed by atoms with van der Waals surface area (Å²) in [6.07, 6.45) is 1.44. The topological polar surface area (TPSA) is 49.8 Å². The number of rotatable bonds is 5. The van der Waals surface area contributed by atoms with Gasteiger partial charge in [-0.3, -0.25) is 4.79 Å². The van der Waals surface area contributed by atoms with Crippen molar-refractivity contribution in [1.29, 1.82) is 0 Å². The fourth-order valence-electron chi connectivity index (χ4n) is 2.26. The number of carboxylic acids is 1. The van der Waals surface area contributed by atoms with E-state index in [1.54, 1.807) is 7.11 Å². The summed E-state index contributed by atoms with van der Waals surface area (Å²) in [5, 5.41) is 9.34. The SMILES string of the molecule is COc1cc(CN(C)C)cc(C2(C(=O)O)CC2)c1. The van der Waals surface area contributed by atoms with Gasteiger partial charge >= 0.3 is 5.97 Å². The maximum Gasteiger partial charge on any atom is 0.314 e. The van der Waals surface area contributed by atoms with Crippen LogP contribution in [-0.2, 0) is 16.8 Å². The highest BCUT2D eigenvalue weighted by Crippen LogP contribution is 2.49. The molecule has 1 aliphatic rings. The third kappa shape index (κ3) is 2.34. The molecule has 1 aromatic rings. The molecule has 0 aliphatic heterocycles. The van der Waals surface area contributed by atoms with E-state index in [-0.39, 0.29) is 0 Å². The molecule has 0 spiro atoms. The Hall–Kier alpha value is -1.55. The Labute approximate surface area is 107 Å². The van der Waals surface area contributed by atoms with Crippen molar-refractivity contribution in [3.05, 3.63) is 29.3 Å². The Balaban J connectivity index is 2.38. The van der Waals surface area contributed by atoms with Gasteiger partial charge < -0.3 is 14.7 Å². The first-order valence-corrected chi connectivity index (χ1v) is 6.04. The number of carboxylic acid groups (broad SMARTS) is 1. The highest BCUT2D eigenvalue weighted by molar-refractivity contribution is 5.85. The number of benzene rings is 1. The van der Waals surface area contributed by atoms with Crippen molar-refractivity contribution in [2.75, 3.05) is 21.2 Å². The van der Waals surface area contributed by atoms with Crippen LogP contribution < -0.4 is 4.74 Å². The third-order valence-electron chi connectivity index (χ3n) is 3.41. The molecule has 0 amide bonds. The summed E-state index contributed by atoms with van der Waals surface area (Å²) in [6.45, 7) is 0.778. The average molecular weight is 249 g/mol. The Kier molecular flexibility index (Phi) is 3.30. The number of aliphatic carboxylic acids is 1. The molecule has 2 rings (SSSR count). The molecule has 0 bridgehead atoms. The second-order valence-electron chi connectivity index (χ2n) is 5.19. The molecular formula is C14H19NO3. The fourth-order valence-corrected chi connectivity index (χ4v) is 2.26. The van der Waals surface area contributed by atoms with E-state index in [2.05, 4.69) is 4.90 Å². The number of hydrogen-bond donors (Lipinski definition) is 1. The fraction of sp³-hybridized carbons (Fsp3) is 0.500. The average Bonchev–Trinajstić information content (AvgIpc) is 3.08. The molecule has 0 aromatic heterocycles. The molecule has 0 atom stereocenters. The summed E-state index contributed by atoms with van der Waals surface area (Å²) >= 11 is 0. The van der Waals surface area contributed by atoms with Crippen LogP contribution in [0.4, 0.5) is 0 Å². The molecule has 0 saturated heterocycles. The van der Waals surface area contributed by atoms with E-state index in [4.69, 9.17) is 4.74 Å². The number of methoxy groups -OCH3 is 1. The lowest BCUT2D eigenvalue weighted by molar-refractivity contribution is -0.140. The first kappa shape index (κ1) is 12.9. The Bertz CT molecular complexity index is 464. The van der Waals surface area contributed by atoms with Crippen LogP contribution in [0.25, 0.3) is 0 Å². The van der Waals surface area contributed by atoms with Crippen LogP contribution in [0.5, 0.6) is 5.75 Å². The highest BCUT2D eigenvalue weighted by Gasteiger charge is 2.52. The summed E-state index contributed by atoms with van der Waals surface area (Å²) in [5.41, 5.74) is 1.28. The number of hydrogen-bond acceptors (Lipinski definition) is 3. The van der Waals surface area contributed by atoms with Crippen LogP contribution in [0.1, 0.15) is 24.0 Å². The van der Waals surface area contributed by atoms with E-state index >= 15 is 0 Å². The second-order valence-corrected chi connectivity index (χ2v) is 5.19. The predicted octanol–water partition coefficient (Wildman–Crippen LogP) is 1.87. The lowest BCUT2D eigenvalue weighted by Gasteiger charge is -2.16. The van der Waals surface area contributed by atoms with E-state index in [0.717, 1.165) is 36.3 Å². The van der Waals surface area contributed by atoms with Crippen molar-refractivity contribution in [1.82, 2.24) is 4.90 Å². The van der Waals surface area contributed by atoms with Crippen LogP contribution >= 0.6 is 0 Å². The van der Waals surface area contributed by atoms with Gasteiger partial charge in [0.25, 0.3) is 0 Å². The van der Waals surface area contributed by atoms with Gasteiger partial charge in [-0.15, -0.1) is 0 Å². The lowest BCUT2D eigenvalue weighted by atomic mass is 9.94. The largest absolute Gasteiger partial charge is 0.497 e. The van der Waals surface area contributed by atoms with Gasteiger partial charge in [0.1, 0.15) is 5.75 Å². The minimum atomic E-state index is -0.730. The van der Waals surface area contributed by atoms with Gasteiger partial charge in [-0.05, 0) is 50.2 Å². The molecule has 4 nitrogen and oxygen atoms in total. The van der Waals surface area contributed by atoms with Crippen molar-refractivity contribution in [3.63, 3.8) is 0 Å².